The van der Waals surface area contributed by atoms with Crippen molar-refractivity contribution in [2.24, 2.45) is 5.10 Å². The number of nitrogens with one attached hydrogen (secondary N) is 1. The van der Waals surface area contributed by atoms with Gasteiger partial charge >= 0.3 is 0 Å². The summed E-state index contributed by atoms with van der Waals surface area (Å²) in [6.07, 6.45) is 1.94. The van der Waals surface area contributed by atoms with E-state index >= 15 is 0 Å². The van der Waals surface area contributed by atoms with Crippen molar-refractivity contribution in [1.82, 2.24) is 5.43 Å². The van der Waals surface area contributed by atoms with Gasteiger partial charge in [0.25, 0.3) is 0 Å². The fourth-order valence-corrected chi connectivity index (χ4v) is 0.837. The van der Waals surface area contributed by atoms with E-state index in [0.717, 1.165) is 18.1 Å². The Hall–Kier alpha value is -0.990. The molecular formula is C7H12N2O. The van der Waals surface area contributed by atoms with E-state index in [0.29, 0.717) is 6.54 Å². The van der Waals surface area contributed by atoms with Crippen molar-refractivity contribution in [3.8, 4) is 0 Å². The number of allylic oxidation sites excluding steroid dienone is 1. The topological polar surface area (TPSA) is 33.6 Å². The normalized spacial score (nSPS) is 17.0. The van der Waals surface area contributed by atoms with Gasteiger partial charge in [0.05, 0.1) is 18.9 Å². The molecule has 1 rings (SSSR count). The fourth-order valence-electron chi connectivity index (χ4n) is 0.837. The zero-order chi connectivity index (χ0) is 7.40. The average Bonchev–Trinajstić information content (AvgIpc) is 1.88. The van der Waals surface area contributed by atoms with E-state index in [1.54, 1.807) is 0 Å². The zero-order valence-corrected chi connectivity index (χ0v) is 6.35. The molecule has 0 atom stereocenters. The van der Waals surface area contributed by atoms with Gasteiger partial charge in [0.1, 0.15) is 5.76 Å². The van der Waals surface area contributed by atoms with Crippen LogP contribution in [0.25, 0.3) is 0 Å². The van der Waals surface area contributed by atoms with Crippen molar-refractivity contribution < 1.29 is 4.74 Å². The molecule has 3 nitrogen and oxygen atoms in total. The van der Waals surface area contributed by atoms with Gasteiger partial charge in [-0.1, -0.05) is 0 Å². The molecule has 0 saturated heterocycles. The van der Waals surface area contributed by atoms with Crippen LogP contribution in [0.5, 0.6) is 0 Å². The lowest BCUT2D eigenvalue weighted by atomic mass is 10.3. The number of hydrazone groups is 1. The number of hydrogen-bond donors (Lipinski definition) is 1. The first-order valence-electron chi connectivity index (χ1n) is 3.43. The van der Waals surface area contributed by atoms with Crippen LogP contribution in [-0.2, 0) is 4.74 Å². The Kier molecular flexibility index (Phi) is 2.31. The standard InChI is InChI=1S/C7H12N2O/c1-3-10-7-4-6(2)9-8-5-7/h4,8H,3,5H2,1-2H3. The lowest BCUT2D eigenvalue weighted by molar-refractivity contribution is 0.220. The van der Waals surface area contributed by atoms with Crippen molar-refractivity contribution in [3.05, 3.63) is 11.8 Å². The molecule has 0 aromatic heterocycles. The van der Waals surface area contributed by atoms with Gasteiger partial charge in [-0.25, -0.2) is 0 Å². The highest BCUT2D eigenvalue weighted by Crippen LogP contribution is 2.00. The van der Waals surface area contributed by atoms with Gasteiger partial charge in [-0.3, -0.25) is 0 Å². The third-order valence-electron chi connectivity index (χ3n) is 1.21. The minimum atomic E-state index is 0.713. The molecule has 0 fully saturated rings. The summed E-state index contributed by atoms with van der Waals surface area (Å²) >= 11 is 0. The van der Waals surface area contributed by atoms with Crippen LogP contribution in [0.1, 0.15) is 13.8 Å². The second kappa shape index (κ2) is 3.25. The second-order valence-corrected chi connectivity index (χ2v) is 2.13. The molecule has 1 aliphatic heterocycles. The van der Waals surface area contributed by atoms with Gasteiger partial charge in [-0.15, -0.1) is 0 Å². The van der Waals surface area contributed by atoms with Crippen LogP contribution < -0.4 is 5.43 Å². The first-order chi connectivity index (χ1) is 4.83. The Bertz CT molecular complexity index is 172. The Balaban J connectivity index is 2.51. The molecule has 0 spiro atoms. The fraction of sp³-hybridized carbons (Fsp3) is 0.571. The highest BCUT2D eigenvalue weighted by molar-refractivity contribution is 5.93. The molecule has 0 amide bonds. The summed E-state index contributed by atoms with van der Waals surface area (Å²) in [5.74, 6) is 0.968. The minimum Gasteiger partial charge on any atom is -0.496 e. The van der Waals surface area contributed by atoms with Crippen LogP contribution in [0.3, 0.4) is 0 Å². The first kappa shape index (κ1) is 7.12. The van der Waals surface area contributed by atoms with E-state index in [1.165, 1.54) is 0 Å². The summed E-state index contributed by atoms with van der Waals surface area (Å²) in [5.41, 5.74) is 3.83. The Morgan fingerprint density at radius 1 is 1.80 bits per heavy atom. The van der Waals surface area contributed by atoms with Crippen LogP contribution in [0.2, 0.25) is 0 Å². The lowest BCUT2D eigenvalue weighted by Gasteiger charge is -2.12. The second-order valence-electron chi connectivity index (χ2n) is 2.13. The molecule has 1 heterocycles. The molecule has 0 aromatic rings. The number of ether oxygens (including phenoxy) is 1. The van der Waals surface area contributed by atoms with Crippen molar-refractivity contribution in [2.75, 3.05) is 13.2 Å². The smallest absolute Gasteiger partial charge is 0.119 e. The van der Waals surface area contributed by atoms with Gasteiger partial charge in [-0.2, -0.15) is 5.10 Å². The Morgan fingerprint density at radius 3 is 3.20 bits per heavy atom. The van der Waals surface area contributed by atoms with Crippen molar-refractivity contribution in [1.29, 1.82) is 0 Å². The van der Waals surface area contributed by atoms with Crippen molar-refractivity contribution in [3.63, 3.8) is 0 Å². The zero-order valence-electron chi connectivity index (χ0n) is 6.35. The average molecular weight is 140 g/mol. The van der Waals surface area contributed by atoms with E-state index < -0.39 is 0 Å². The third-order valence-corrected chi connectivity index (χ3v) is 1.21. The highest BCUT2D eigenvalue weighted by atomic mass is 16.5. The Labute approximate surface area is 60.8 Å². The quantitative estimate of drug-likeness (QED) is 0.618. The van der Waals surface area contributed by atoms with E-state index in [2.05, 4.69) is 10.5 Å². The summed E-state index contributed by atoms with van der Waals surface area (Å²) in [7, 11) is 0. The van der Waals surface area contributed by atoms with Crippen LogP contribution in [0, 0.1) is 0 Å². The molecule has 1 aliphatic rings. The third kappa shape index (κ3) is 1.76. The maximum atomic E-state index is 5.27. The summed E-state index contributed by atoms with van der Waals surface area (Å²) in [5, 5.41) is 3.97. The van der Waals surface area contributed by atoms with E-state index in [-0.39, 0.29) is 0 Å². The largest absolute Gasteiger partial charge is 0.496 e. The molecule has 3 heteroatoms. The van der Waals surface area contributed by atoms with E-state index in [1.807, 2.05) is 19.9 Å². The molecule has 56 valence electrons. The van der Waals surface area contributed by atoms with Gasteiger partial charge in [-0.05, 0) is 13.8 Å². The predicted molar refractivity (Wildman–Crippen MR) is 40.8 cm³/mol. The van der Waals surface area contributed by atoms with E-state index in [9.17, 15) is 0 Å². The molecule has 0 unspecified atom stereocenters. The highest BCUT2D eigenvalue weighted by Gasteiger charge is 2.01. The molecule has 1 N–H and O–H groups in total. The summed E-state index contributed by atoms with van der Waals surface area (Å²) in [4.78, 5) is 0. The van der Waals surface area contributed by atoms with Crippen LogP contribution in [0.4, 0.5) is 0 Å². The summed E-state index contributed by atoms with van der Waals surface area (Å²) in [6, 6.07) is 0. The van der Waals surface area contributed by atoms with Crippen molar-refractivity contribution in [2.45, 2.75) is 13.8 Å². The Morgan fingerprint density at radius 2 is 2.60 bits per heavy atom. The lowest BCUT2D eigenvalue weighted by Crippen LogP contribution is -2.19. The predicted octanol–water partition coefficient (Wildman–Crippen LogP) is 0.886. The summed E-state index contributed by atoms with van der Waals surface area (Å²) < 4.78 is 5.27. The SMILES string of the molecule is CCOC1=CC(C)=NNC1. The van der Waals surface area contributed by atoms with Gasteiger partial charge in [0.15, 0.2) is 0 Å². The summed E-state index contributed by atoms with van der Waals surface area (Å²) in [6.45, 7) is 5.35. The molecule has 0 aromatic carbocycles. The molecule has 0 aliphatic carbocycles. The molecule has 0 bridgehead atoms. The van der Waals surface area contributed by atoms with Crippen LogP contribution >= 0.6 is 0 Å². The molecule has 10 heavy (non-hydrogen) atoms. The molecular weight excluding hydrogens is 128 g/mol. The van der Waals surface area contributed by atoms with E-state index in [4.69, 9.17) is 4.74 Å². The maximum Gasteiger partial charge on any atom is 0.119 e. The van der Waals surface area contributed by atoms with Gasteiger partial charge in [0, 0.05) is 6.08 Å². The van der Waals surface area contributed by atoms with Crippen LogP contribution in [0.15, 0.2) is 16.9 Å². The molecule has 0 radical (unpaired) electrons. The minimum absolute atomic E-state index is 0.713. The molecule has 0 saturated carbocycles. The maximum absolute atomic E-state index is 5.27. The number of rotatable bonds is 2. The first-order valence-corrected chi connectivity index (χ1v) is 3.43. The van der Waals surface area contributed by atoms with Gasteiger partial charge in [0.2, 0.25) is 0 Å². The van der Waals surface area contributed by atoms with Crippen LogP contribution in [-0.4, -0.2) is 18.9 Å². The number of hydrogen-bond acceptors (Lipinski definition) is 3. The van der Waals surface area contributed by atoms with Crippen molar-refractivity contribution >= 4 is 5.71 Å². The number of nitrogens with zero attached hydrogens (tertiary/aromatic N) is 1. The van der Waals surface area contributed by atoms with Gasteiger partial charge < -0.3 is 10.2 Å². The monoisotopic (exact) mass is 140 g/mol.